The molecule has 0 aromatic rings. The average Bonchev–Trinajstić information content (AvgIpc) is 2.43. The first kappa shape index (κ1) is 24.7. The molecular formula is C20H37BO5. The third kappa shape index (κ3) is 9.42. The van der Waals surface area contributed by atoms with E-state index < -0.39 is 24.3 Å². The monoisotopic (exact) mass is 368 g/mol. The molecule has 0 aliphatic carbocycles. The smallest absolute Gasteiger partial charge is 0.338 e. The Hall–Kier alpha value is -1.30. The Balaban J connectivity index is 5.35. The minimum absolute atomic E-state index is 0.0349. The molecule has 6 heteroatoms. The molecule has 0 saturated carbocycles. The van der Waals surface area contributed by atoms with E-state index in [4.69, 9.17) is 9.39 Å². The summed E-state index contributed by atoms with van der Waals surface area (Å²) in [7, 11) is 0. The lowest BCUT2D eigenvalue weighted by Gasteiger charge is -2.22. The SMILES string of the molecule is CB(OC(C)CCC(C)C)C(C(=O)OC(=O)C(C)(C)C)=C(O)CC(C)C. The highest BCUT2D eigenvalue weighted by atomic mass is 16.6. The Morgan fingerprint density at radius 3 is 1.96 bits per heavy atom. The number of hydrogen-bond acceptors (Lipinski definition) is 5. The van der Waals surface area contributed by atoms with Crippen LogP contribution in [-0.4, -0.2) is 30.1 Å². The molecule has 0 heterocycles. The molecular weight excluding hydrogens is 331 g/mol. The lowest BCUT2D eigenvalue weighted by atomic mass is 9.61. The fourth-order valence-electron chi connectivity index (χ4n) is 2.36. The molecule has 0 aliphatic rings. The van der Waals surface area contributed by atoms with Crippen LogP contribution in [0.15, 0.2) is 11.2 Å². The third-order valence-corrected chi connectivity index (χ3v) is 3.92. The van der Waals surface area contributed by atoms with E-state index in [9.17, 15) is 14.7 Å². The van der Waals surface area contributed by atoms with Crippen molar-refractivity contribution in [2.45, 2.75) is 87.6 Å². The first-order valence-electron chi connectivity index (χ1n) is 9.59. The molecule has 1 N–H and O–H groups in total. The maximum absolute atomic E-state index is 12.6. The molecule has 0 fully saturated rings. The fourth-order valence-corrected chi connectivity index (χ4v) is 2.36. The van der Waals surface area contributed by atoms with Crippen molar-refractivity contribution < 1.29 is 24.1 Å². The summed E-state index contributed by atoms with van der Waals surface area (Å²) in [6.45, 7) is 16.2. The van der Waals surface area contributed by atoms with Crippen molar-refractivity contribution >= 4 is 18.9 Å². The largest absolute Gasteiger partial charge is 0.512 e. The summed E-state index contributed by atoms with van der Waals surface area (Å²) < 4.78 is 10.9. The third-order valence-electron chi connectivity index (χ3n) is 3.92. The summed E-state index contributed by atoms with van der Waals surface area (Å²) in [5.41, 5.74) is -0.768. The van der Waals surface area contributed by atoms with E-state index in [1.165, 1.54) is 0 Å². The Bertz CT molecular complexity index is 503. The molecule has 0 amide bonds. The molecule has 5 nitrogen and oxygen atoms in total. The number of allylic oxidation sites excluding steroid dienone is 1. The van der Waals surface area contributed by atoms with Gasteiger partial charge in [0, 0.05) is 12.5 Å². The number of rotatable bonds is 9. The Labute approximate surface area is 159 Å². The molecule has 0 aromatic carbocycles. The molecule has 0 saturated heterocycles. The van der Waals surface area contributed by atoms with Gasteiger partial charge in [0.2, 0.25) is 0 Å². The predicted octanol–water partition coefficient (Wildman–Crippen LogP) is 4.96. The lowest BCUT2D eigenvalue weighted by molar-refractivity contribution is -0.162. The number of aliphatic hydroxyl groups excluding tert-OH is 1. The maximum Gasteiger partial charge on any atom is 0.338 e. The number of esters is 2. The zero-order chi connectivity index (χ0) is 20.7. The van der Waals surface area contributed by atoms with Gasteiger partial charge in [0.05, 0.1) is 16.6 Å². The number of carbonyl (C=O) groups is 2. The lowest BCUT2D eigenvalue weighted by Crippen LogP contribution is -2.34. The molecule has 0 spiro atoms. The van der Waals surface area contributed by atoms with Gasteiger partial charge in [0.1, 0.15) is 0 Å². The second-order valence-electron chi connectivity index (χ2n) is 8.95. The van der Waals surface area contributed by atoms with Crippen LogP contribution in [-0.2, 0) is 19.0 Å². The average molecular weight is 368 g/mol. The van der Waals surface area contributed by atoms with Gasteiger partial charge in [-0.15, -0.1) is 0 Å². The van der Waals surface area contributed by atoms with Crippen molar-refractivity contribution in [3.05, 3.63) is 11.2 Å². The molecule has 0 aliphatic heterocycles. The second kappa shape index (κ2) is 10.8. The van der Waals surface area contributed by atoms with Gasteiger partial charge >= 0.3 is 18.9 Å². The normalized spacial score (nSPS) is 14.3. The molecule has 150 valence electrons. The van der Waals surface area contributed by atoms with Gasteiger partial charge in [0.15, 0.2) is 0 Å². The van der Waals surface area contributed by atoms with Crippen LogP contribution in [0.2, 0.25) is 6.82 Å². The van der Waals surface area contributed by atoms with E-state index in [0.717, 1.165) is 12.8 Å². The highest BCUT2D eigenvalue weighted by molar-refractivity contribution is 6.65. The minimum Gasteiger partial charge on any atom is -0.512 e. The van der Waals surface area contributed by atoms with Crippen LogP contribution in [0.5, 0.6) is 0 Å². The Morgan fingerprint density at radius 1 is 1.00 bits per heavy atom. The quantitative estimate of drug-likeness (QED) is 0.205. The van der Waals surface area contributed by atoms with Gasteiger partial charge < -0.3 is 14.5 Å². The fraction of sp³-hybridized carbons (Fsp3) is 0.800. The maximum atomic E-state index is 12.6. The van der Waals surface area contributed by atoms with Crippen LogP contribution in [0.1, 0.15) is 74.7 Å². The Morgan fingerprint density at radius 2 is 1.54 bits per heavy atom. The number of carbonyl (C=O) groups excluding carboxylic acids is 2. The van der Waals surface area contributed by atoms with E-state index in [-0.39, 0.29) is 23.3 Å². The van der Waals surface area contributed by atoms with Crippen LogP contribution in [0.3, 0.4) is 0 Å². The number of ether oxygens (including phenoxy) is 1. The first-order chi connectivity index (χ1) is 11.8. The minimum atomic E-state index is -0.827. The number of hydrogen-bond donors (Lipinski definition) is 1. The van der Waals surface area contributed by atoms with Gasteiger partial charge in [-0.2, -0.15) is 0 Å². The topological polar surface area (TPSA) is 72.8 Å². The summed E-state index contributed by atoms with van der Waals surface area (Å²) in [5.74, 6) is -0.809. The standard InChI is InChI=1S/C20H37BO5/c1-13(2)10-11-15(5)26-21(9)17(16(22)12-14(3)4)18(23)25-19(24)20(6,7)8/h13-15,22H,10-12H2,1-9H3. The molecule has 0 bridgehead atoms. The molecule has 1 atom stereocenters. The van der Waals surface area contributed by atoms with Crippen molar-refractivity contribution in [2.24, 2.45) is 17.3 Å². The van der Waals surface area contributed by atoms with Crippen LogP contribution >= 0.6 is 0 Å². The summed E-state index contributed by atoms with van der Waals surface area (Å²) in [6.07, 6.45) is 2.12. The van der Waals surface area contributed by atoms with Crippen molar-refractivity contribution in [1.82, 2.24) is 0 Å². The zero-order valence-corrected chi connectivity index (χ0v) is 18.0. The summed E-state index contributed by atoms with van der Waals surface area (Å²) in [6, 6.07) is 0. The van der Waals surface area contributed by atoms with Crippen molar-refractivity contribution in [1.29, 1.82) is 0 Å². The van der Waals surface area contributed by atoms with E-state index in [0.29, 0.717) is 12.3 Å². The van der Waals surface area contributed by atoms with Crippen molar-refractivity contribution in [3.8, 4) is 0 Å². The predicted molar refractivity (Wildman–Crippen MR) is 106 cm³/mol. The van der Waals surface area contributed by atoms with Crippen LogP contribution < -0.4 is 0 Å². The van der Waals surface area contributed by atoms with Crippen molar-refractivity contribution in [2.75, 3.05) is 0 Å². The van der Waals surface area contributed by atoms with E-state index in [1.54, 1.807) is 27.6 Å². The Kier molecular flexibility index (Phi) is 10.2. The van der Waals surface area contributed by atoms with Gasteiger partial charge in [-0.3, -0.25) is 4.79 Å². The van der Waals surface area contributed by atoms with Crippen molar-refractivity contribution in [3.63, 3.8) is 0 Å². The van der Waals surface area contributed by atoms with Gasteiger partial charge in [-0.05, 0) is 52.4 Å². The molecule has 0 rings (SSSR count). The summed E-state index contributed by atoms with van der Waals surface area (Å²) >= 11 is 0. The van der Waals surface area contributed by atoms with Crippen LogP contribution in [0.4, 0.5) is 0 Å². The molecule has 0 aromatic heterocycles. The van der Waals surface area contributed by atoms with E-state index in [2.05, 4.69) is 13.8 Å². The highest BCUT2D eigenvalue weighted by Gasteiger charge is 2.33. The summed E-state index contributed by atoms with van der Waals surface area (Å²) in [4.78, 5) is 24.6. The highest BCUT2D eigenvalue weighted by Crippen LogP contribution is 2.22. The number of aliphatic hydroxyl groups is 1. The van der Waals surface area contributed by atoms with E-state index >= 15 is 0 Å². The van der Waals surface area contributed by atoms with E-state index in [1.807, 2.05) is 20.8 Å². The summed E-state index contributed by atoms with van der Waals surface area (Å²) in [5, 5.41) is 10.5. The molecule has 0 radical (unpaired) electrons. The van der Waals surface area contributed by atoms with Gasteiger partial charge in [-0.1, -0.05) is 34.5 Å². The molecule has 1 unspecified atom stereocenters. The van der Waals surface area contributed by atoms with Crippen LogP contribution in [0, 0.1) is 17.3 Å². The second-order valence-corrected chi connectivity index (χ2v) is 8.95. The first-order valence-corrected chi connectivity index (χ1v) is 9.59. The zero-order valence-electron chi connectivity index (χ0n) is 18.0. The van der Waals surface area contributed by atoms with Gasteiger partial charge in [0.25, 0.3) is 0 Å². The van der Waals surface area contributed by atoms with Gasteiger partial charge in [-0.25, -0.2) is 4.79 Å². The molecule has 26 heavy (non-hydrogen) atoms. The van der Waals surface area contributed by atoms with Crippen LogP contribution in [0.25, 0.3) is 0 Å².